The third-order valence-corrected chi connectivity index (χ3v) is 8.01. The summed E-state index contributed by atoms with van der Waals surface area (Å²) in [7, 11) is 0. The summed E-state index contributed by atoms with van der Waals surface area (Å²) >= 11 is 13.4. The molecule has 1 atom stereocenters. The minimum atomic E-state index is -0.0286. The number of halogens is 1. The smallest absolute Gasteiger partial charge is 0.266 e. The van der Waals surface area contributed by atoms with Crippen molar-refractivity contribution in [2.75, 3.05) is 13.2 Å². The Bertz CT molecular complexity index is 1260. The normalized spacial score (nSPS) is 20.0. The number of fused-ring (bicyclic) bond motifs is 1. The number of benzene rings is 2. The van der Waals surface area contributed by atoms with Crippen LogP contribution < -0.4 is 0 Å². The van der Waals surface area contributed by atoms with Gasteiger partial charge in [0, 0.05) is 35.3 Å². The third kappa shape index (κ3) is 4.50. The molecule has 2 aromatic carbocycles. The molecule has 1 aromatic heterocycles. The van der Waals surface area contributed by atoms with E-state index in [1.54, 1.807) is 4.90 Å². The number of hydrogen-bond acceptors (Lipinski definition) is 4. The number of para-hydroxylation sites is 1. The topological polar surface area (TPSA) is 34.5 Å². The number of ether oxygens (including phenoxy) is 1. The molecule has 5 rings (SSSR count). The van der Waals surface area contributed by atoms with Crippen molar-refractivity contribution in [2.45, 2.75) is 38.8 Å². The molecule has 0 spiro atoms. The summed E-state index contributed by atoms with van der Waals surface area (Å²) < 4.78 is 8.57. The number of aryl methyl sites for hydroxylation is 1. The summed E-state index contributed by atoms with van der Waals surface area (Å²) in [6, 6.07) is 14.3. The van der Waals surface area contributed by atoms with Crippen molar-refractivity contribution in [1.82, 2.24) is 9.47 Å². The van der Waals surface area contributed by atoms with Gasteiger partial charge in [0.1, 0.15) is 4.32 Å². The Morgan fingerprint density at radius 3 is 2.79 bits per heavy atom. The van der Waals surface area contributed by atoms with Crippen LogP contribution in [0.4, 0.5) is 0 Å². The number of thiocarbonyl (C=S) groups is 1. The van der Waals surface area contributed by atoms with Crippen molar-refractivity contribution in [1.29, 1.82) is 0 Å². The Balaban J connectivity index is 1.52. The first-order valence-electron chi connectivity index (χ1n) is 11.3. The molecule has 0 saturated carbocycles. The van der Waals surface area contributed by atoms with Gasteiger partial charge in [-0.15, -0.1) is 0 Å². The van der Waals surface area contributed by atoms with Crippen molar-refractivity contribution in [3.63, 3.8) is 0 Å². The zero-order chi connectivity index (χ0) is 22.9. The molecule has 170 valence electrons. The lowest BCUT2D eigenvalue weighted by Gasteiger charge is -2.18. The quantitative estimate of drug-likeness (QED) is 0.297. The average molecular weight is 497 g/mol. The standard InChI is InChI=1S/C26H25ClN2O2S2/c1-2-17-8-5-10-21-19(15-28(24(17)21)14-18-7-3-4-11-22(18)27)13-23-25(30)29(26(32)33-23)16-20-9-6-12-31-20/h3-5,7-8,10-11,13,15,20H,2,6,9,12,14,16H2,1H3/b23-13-/t20-/m1/s1. The van der Waals surface area contributed by atoms with Crippen molar-refractivity contribution in [2.24, 2.45) is 0 Å². The molecule has 1 amide bonds. The molecule has 3 aromatic rings. The molecule has 3 heterocycles. The second-order valence-corrected chi connectivity index (χ2v) is 10.5. The molecular formula is C26H25ClN2O2S2. The summed E-state index contributed by atoms with van der Waals surface area (Å²) in [5.74, 6) is -0.0286. The lowest BCUT2D eigenvalue weighted by molar-refractivity contribution is -0.123. The van der Waals surface area contributed by atoms with Crippen LogP contribution in [-0.4, -0.2) is 39.0 Å². The molecule has 2 saturated heterocycles. The molecule has 33 heavy (non-hydrogen) atoms. The van der Waals surface area contributed by atoms with Crippen LogP contribution in [0.1, 0.15) is 36.5 Å². The maximum atomic E-state index is 13.2. The molecule has 0 radical (unpaired) electrons. The molecule has 4 nitrogen and oxygen atoms in total. The highest BCUT2D eigenvalue weighted by Crippen LogP contribution is 2.36. The largest absolute Gasteiger partial charge is 0.376 e. The van der Waals surface area contributed by atoms with E-state index in [4.69, 9.17) is 28.6 Å². The summed E-state index contributed by atoms with van der Waals surface area (Å²) in [6.45, 7) is 4.13. The van der Waals surface area contributed by atoms with Gasteiger partial charge in [-0.05, 0) is 42.5 Å². The number of nitrogens with zero attached hydrogens (tertiary/aromatic N) is 2. The number of hydrogen-bond donors (Lipinski definition) is 0. The number of amides is 1. The number of thioether (sulfide) groups is 1. The van der Waals surface area contributed by atoms with Crippen molar-refractivity contribution in [3.8, 4) is 0 Å². The first kappa shape index (κ1) is 22.7. The van der Waals surface area contributed by atoms with E-state index in [-0.39, 0.29) is 12.0 Å². The van der Waals surface area contributed by atoms with Crippen LogP contribution in [0.5, 0.6) is 0 Å². The molecule has 2 aliphatic rings. The van der Waals surface area contributed by atoms with Crippen molar-refractivity contribution < 1.29 is 9.53 Å². The van der Waals surface area contributed by atoms with E-state index in [9.17, 15) is 4.79 Å². The second-order valence-electron chi connectivity index (χ2n) is 8.40. The second kappa shape index (κ2) is 9.63. The maximum absolute atomic E-state index is 13.2. The first-order chi connectivity index (χ1) is 16.0. The van der Waals surface area contributed by atoms with Crippen LogP contribution in [0.2, 0.25) is 5.02 Å². The van der Waals surface area contributed by atoms with Gasteiger partial charge in [-0.25, -0.2) is 0 Å². The fourth-order valence-electron chi connectivity index (χ4n) is 4.59. The van der Waals surface area contributed by atoms with E-state index in [0.29, 0.717) is 22.3 Å². The highest BCUT2D eigenvalue weighted by Gasteiger charge is 2.34. The third-order valence-electron chi connectivity index (χ3n) is 6.26. The molecule has 0 bridgehead atoms. The van der Waals surface area contributed by atoms with Crippen molar-refractivity contribution in [3.05, 3.63) is 75.3 Å². The Labute approximate surface area is 208 Å². The van der Waals surface area contributed by atoms with Gasteiger partial charge in [0.05, 0.1) is 23.1 Å². The zero-order valence-electron chi connectivity index (χ0n) is 18.4. The minimum absolute atomic E-state index is 0.0286. The first-order valence-corrected chi connectivity index (χ1v) is 12.9. The Kier molecular flexibility index (Phi) is 6.61. The van der Waals surface area contributed by atoms with E-state index in [1.165, 1.54) is 22.8 Å². The van der Waals surface area contributed by atoms with Gasteiger partial charge in [-0.1, -0.05) is 78.9 Å². The molecule has 2 fully saturated rings. The van der Waals surface area contributed by atoms with E-state index in [1.807, 2.05) is 24.3 Å². The van der Waals surface area contributed by atoms with Crippen LogP contribution in [0.15, 0.2) is 53.6 Å². The van der Waals surface area contributed by atoms with Crippen LogP contribution in [0, 0.1) is 0 Å². The van der Waals surface area contributed by atoms with E-state index in [2.05, 4.69) is 42.0 Å². The van der Waals surface area contributed by atoms with Crippen LogP contribution in [-0.2, 0) is 22.5 Å². The summed E-state index contributed by atoms with van der Waals surface area (Å²) in [6.07, 6.45) is 7.13. The van der Waals surface area contributed by atoms with E-state index in [0.717, 1.165) is 47.4 Å². The summed E-state index contributed by atoms with van der Waals surface area (Å²) in [4.78, 5) is 15.5. The number of aromatic nitrogens is 1. The SMILES string of the molecule is CCc1cccc2c(/C=C3\SC(=S)N(C[C@H]4CCCO4)C3=O)cn(Cc3ccccc3Cl)c12. The number of rotatable bonds is 6. The Morgan fingerprint density at radius 1 is 1.21 bits per heavy atom. The summed E-state index contributed by atoms with van der Waals surface area (Å²) in [5, 5.41) is 1.88. The van der Waals surface area contributed by atoms with Gasteiger partial charge in [-0.3, -0.25) is 9.69 Å². The molecule has 0 unspecified atom stereocenters. The maximum Gasteiger partial charge on any atom is 0.266 e. The van der Waals surface area contributed by atoms with Gasteiger partial charge < -0.3 is 9.30 Å². The lowest BCUT2D eigenvalue weighted by atomic mass is 10.1. The predicted octanol–water partition coefficient (Wildman–Crippen LogP) is 6.29. The van der Waals surface area contributed by atoms with Crippen LogP contribution >= 0.6 is 35.6 Å². The molecular weight excluding hydrogens is 472 g/mol. The fourth-order valence-corrected chi connectivity index (χ4v) is 6.05. The fraction of sp³-hybridized carbons (Fsp3) is 0.308. The molecule has 7 heteroatoms. The summed E-state index contributed by atoms with van der Waals surface area (Å²) in [5.41, 5.74) is 4.53. The monoisotopic (exact) mass is 496 g/mol. The van der Waals surface area contributed by atoms with Crippen LogP contribution in [0.25, 0.3) is 17.0 Å². The molecule has 2 aliphatic heterocycles. The van der Waals surface area contributed by atoms with Crippen LogP contribution in [0.3, 0.4) is 0 Å². The highest BCUT2D eigenvalue weighted by molar-refractivity contribution is 8.26. The Hall–Kier alpha value is -2.12. The zero-order valence-corrected chi connectivity index (χ0v) is 20.8. The van der Waals surface area contributed by atoms with E-state index >= 15 is 0 Å². The van der Waals surface area contributed by atoms with Gasteiger partial charge >= 0.3 is 0 Å². The highest BCUT2D eigenvalue weighted by atomic mass is 35.5. The predicted molar refractivity (Wildman–Crippen MR) is 141 cm³/mol. The van der Waals surface area contributed by atoms with E-state index < -0.39 is 0 Å². The molecule has 0 N–H and O–H groups in total. The molecule has 0 aliphatic carbocycles. The van der Waals surface area contributed by atoms with Gasteiger partial charge in [0.25, 0.3) is 5.91 Å². The van der Waals surface area contributed by atoms with Crippen molar-refractivity contribution >= 4 is 62.8 Å². The van der Waals surface area contributed by atoms with Gasteiger partial charge in [0.15, 0.2) is 0 Å². The number of carbonyl (C=O) groups excluding carboxylic acids is 1. The number of carbonyl (C=O) groups is 1. The average Bonchev–Trinajstić information content (AvgIpc) is 3.52. The minimum Gasteiger partial charge on any atom is -0.376 e. The lowest BCUT2D eigenvalue weighted by Crippen LogP contribution is -2.35. The van der Waals surface area contributed by atoms with Gasteiger partial charge in [-0.2, -0.15) is 0 Å². The Morgan fingerprint density at radius 2 is 2.03 bits per heavy atom. The van der Waals surface area contributed by atoms with Gasteiger partial charge in [0.2, 0.25) is 0 Å².